The summed E-state index contributed by atoms with van der Waals surface area (Å²) in [4.78, 5) is 60.5. The summed E-state index contributed by atoms with van der Waals surface area (Å²) in [5.74, 6) is -5.28. The van der Waals surface area contributed by atoms with Gasteiger partial charge in [0.25, 0.3) is 5.91 Å². The monoisotopic (exact) mass is 721 g/mol. The molecule has 0 aliphatic carbocycles. The van der Waals surface area contributed by atoms with E-state index in [1.54, 1.807) is 62.0 Å². The molecule has 0 saturated carbocycles. The molecule has 3 heterocycles. The van der Waals surface area contributed by atoms with Crippen molar-refractivity contribution in [1.29, 1.82) is 0 Å². The highest BCUT2D eigenvalue weighted by molar-refractivity contribution is 6.05. The Morgan fingerprint density at radius 3 is 2.17 bits per heavy atom. The molecular formula is C34H30F3N7O8. The van der Waals surface area contributed by atoms with Crippen molar-refractivity contribution in [1.82, 2.24) is 24.5 Å². The van der Waals surface area contributed by atoms with Crippen LogP contribution >= 0.6 is 0 Å². The van der Waals surface area contributed by atoms with Crippen LogP contribution in [0, 0.1) is 13.8 Å². The van der Waals surface area contributed by atoms with E-state index in [1.165, 1.54) is 17.0 Å². The molecule has 0 saturated heterocycles. The second-order valence-corrected chi connectivity index (χ2v) is 11.3. The van der Waals surface area contributed by atoms with Gasteiger partial charge in [-0.1, -0.05) is 6.07 Å². The first kappa shape index (κ1) is 38.1. The number of aliphatic carboxylic acids is 3. The Morgan fingerprint density at radius 2 is 1.60 bits per heavy atom. The molecule has 52 heavy (non-hydrogen) atoms. The van der Waals surface area contributed by atoms with Gasteiger partial charge in [0.05, 0.1) is 36.1 Å². The standard InChI is InChI=1S/C28H22F3N7O.C6H8O7/c1-17-5-6-19(10-25(17)37-27-33-9-7-24(36-27)20-4-3-8-32-14-20)26(39)35-22-11-21(28(29,30)31)12-23(13-22)38-15-18(2)34-16-38;7-3(8)1-6(13,5(11)12)2-4(9)10/h3-16H,1-2H3,(H,35,39)(H,33,36,37);13H,1-2H2,(H,7,8)(H,9,10)(H,11,12). The molecule has 5 rings (SSSR count). The number of aryl methyl sites for hydroxylation is 2. The van der Waals surface area contributed by atoms with Crippen molar-refractivity contribution in [3.05, 3.63) is 108 Å². The fraction of sp³-hybridized carbons (Fsp3) is 0.176. The molecule has 0 unspecified atom stereocenters. The van der Waals surface area contributed by atoms with Crippen LogP contribution in [0.4, 0.5) is 30.5 Å². The number of hydrogen-bond donors (Lipinski definition) is 6. The van der Waals surface area contributed by atoms with Crippen LogP contribution in [0.1, 0.15) is 40.0 Å². The van der Waals surface area contributed by atoms with E-state index in [0.29, 0.717) is 23.0 Å². The van der Waals surface area contributed by atoms with E-state index < -0.39 is 54.0 Å². The number of amides is 1. The van der Waals surface area contributed by atoms with Gasteiger partial charge in [0.1, 0.15) is 0 Å². The number of nitrogens with zero attached hydrogens (tertiary/aromatic N) is 5. The maximum Gasteiger partial charge on any atom is 0.416 e. The zero-order valence-electron chi connectivity index (χ0n) is 27.3. The van der Waals surface area contributed by atoms with Crippen LogP contribution < -0.4 is 10.6 Å². The van der Waals surface area contributed by atoms with E-state index in [2.05, 4.69) is 30.6 Å². The number of imidazole rings is 1. The number of anilines is 3. The van der Waals surface area contributed by atoms with E-state index in [4.69, 9.17) is 20.4 Å². The van der Waals surface area contributed by atoms with Crippen molar-refractivity contribution in [3.8, 4) is 16.9 Å². The van der Waals surface area contributed by atoms with Gasteiger partial charge < -0.3 is 35.6 Å². The van der Waals surface area contributed by atoms with Crippen LogP contribution in [-0.2, 0) is 20.6 Å². The summed E-state index contributed by atoms with van der Waals surface area (Å²) in [5, 5.41) is 39.5. The molecule has 0 fully saturated rings. The number of aliphatic hydroxyl groups is 1. The number of rotatable bonds is 11. The molecule has 2 aromatic carbocycles. The van der Waals surface area contributed by atoms with Gasteiger partial charge in [-0.05, 0) is 67.9 Å². The zero-order chi connectivity index (χ0) is 38.2. The largest absolute Gasteiger partial charge is 0.481 e. The third-order valence-electron chi connectivity index (χ3n) is 7.16. The molecule has 15 nitrogen and oxygen atoms in total. The third kappa shape index (κ3) is 10.2. The first-order chi connectivity index (χ1) is 24.4. The van der Waals surface area contributed by atoms with Crippen molar-refractivity contribution in [3.63, 3.8) is 0 Å². The van der Waals surface area contributed by atoms with Gasteiger partial charge in [-0.2, -0.15) is 13.2 Å². The van der Waals surface area contributed by atoms with Gasteiger partial charge in [-0.3, -0.25) is 19.4 Å². The van der Waals surface area contributed by atoms with E-state index in [-0.39, 0.29) is 16.9 Å². The van der Waals surface area contributed by atoms with Crippen molar-refractivity contribution < 1.29 is 52.8 Å². The second-order valence-electron chi connectivity index (χ2n) is 11.3. The molecule has 0 spiro atoms. The normalized spacial score (nSPS) is 11.2. The number of halogens is 3. The smallest absolute Gasteiger partial charge is 0.416 e. The van der Waals surface area contributed by atoms with Gasteiger partial charge in [0.2, 0.25) is 5.95 Å². The van der Waals surface area contributed by atoms with Crippen LogP contribution in [-0.4, -0.2) is 74.3 Å². The van der Waals surface area contributed by atoms with Gasteiger partial charge in [-0.25, -0.2) is 19.7 Å². The average molecular weight is 722 g/mol. The van der Waals surface area contributed by atoms with Gasteiger partial charge >= 0.3 is 24.1 Å². The number of aromatic nitrogens is 5. The summed E-state index contributed by atoms with van der Waals surface area (Å²) in [5.41, 5.74) is 0.354. The lowest BCUT2D eigenvalue weighted by Gasteiger charge is -2.18. The summed E-state index contributed by atoms with van der Waals surface area (Å²) in [6.07, 6.45) is 1.10. The lowest BCUT2D eigenvalue weighted by molar-refractivity contribution is -0.170. The number of pyridine rings is 1. The molecule has 5 aromatic rings. The molecule has 0 bridgehead atoms. The number of carboxylic acid groups (broad SMARTS) is 3. The van der Waals surface area contributed by atoms with E-state index in [9.17, 15) is 32.3 Å². The minimum Gasteiger partial charge on any atom is -0.481 e. The van der Waals surface area contributed by atoms with Crippen LogP contribution in [0.5, 0.6) is 0 Å². The highest BCUT2D eigenvalue weighted by Gasteiger charge is 2.40. The minimum atomic E-state index is -4.60. The number of benzene rings is 2. The van der Waals surface area contributed by atoms with E-state index in [0.717, 1.165) is 23.3 Å². The summed E-state index contributed by atoms with van der Waals surface area (Å²) in [6.45, 7) is 3.58. The maximum absolute atomic E-state index is 13.6. The minimum absolute atomic E-state index is 0.00114. The molecule has 18 heteroatoms. The van der Waals surface area contributed by atoms with Crippen molar-refractivity contribution >= 4 is 41.1 Å². The lowest BCUT2D eigenvalue weighted by atomic mass is 9.96. The van der Waals surface area contributed by atoms with Gasteiger partial charge in [0.15, 0.2) is 5.60 Å². The summed E-state index contributed by atoms with van der Waals surface area (Å²) in [6, 6.07) is 13.7. The predicted octanol–water partition coefficient (Wildman–Crippen LogP) is 5.11. The predicted molar refractivity (Wildman–Crippen MR) is 178 cm³/mol. The number of alkyl halides is 3. The second kappa shape index (κ2) is 15.9. The van der Waals surface area contributed by atoms with E-state index >= 15 is 0 Å². The molecule has 6 N–H and O–H groups in total. The highest BCUT2D eigenvalue weighted by atomic mass is 19.4. The SMILES string of the molecule is Cc1cn(-c2cc(NC(=O)c3ccc(C)c(Nc4nccc(-c5cccnc5)n4)c3)cc(C(F)(F)F)c2)cn1.O=C(O)CC(O)(CC(=O)O)C(=O)O. The van der Waals surface area contributed by atoms with E-state index in [1.807, 2.05) is 13.0 Å². The molecule has 1 amide bonds. The molecular weight excluding hydrogens is 691 g/mol. The number of nitrogens with one attached hydrogen (secondary N) is 2. The molecule has 3 aromatic heterocycles. The molecule has 0 atom stereocenters. The van der Waals surface area contributed by atoms with Crippen LogP contribution in [0.3, 0.4) is 0 Å². The van der Waals surface area contributed by atoms with Gasteiger partial charge in [0, 0.05) is 53.0 Å². The Labute approximate surface area is 292 Å². The first-order valence-corrected chi connectivity index (χ1v) is 15.0. The maximum atomic E-state index is 13.6. The number of carbonyl (C=O) groups excluding carboxylic acids is 1. The number of hydrogen-bond acceptors (Lipinski definition) is 10. The molecule has 0 radical (unpaired) electrons. The molecule has 0 aliphatic heterocycles. The highest BCUT2D eigenvalue weighted by Crippen LogP contribution is 2.33. The Hall–Kier alpha value is -6.69. The average Bonchev–Trinajstić information content (AvgIpc) is 3.51. The Balaban J connectivity index is 0.000000398. The molecule has 0 aliphatic rings. The Morgan fingerprint density at radius 1 is 0.885 bits per heavy atom. The first-order valence-electron chi connectivity index (χ1n) is 15.0. The van der Waals surface area contributed by atoms with Crippen molar-refractivity contribution in [2.24, 2.45) is 0 Å². The fourth-order valence-corrected chi connectivity index (χ4v) is 4.59. The lowest BCUT2D eigenvalue weighted by Crippen LogP contribution is -2.42. The zero-order valence-corrected chi connectivity index (χ0v) is 27.3. The number of carbonyl (C=O) groups is 4. The van der Waals surface area contributed by atoms with Crippen molar-refractivity contribution in [2.75, 3.05) is 10.6 Å². The van der Waals surface area contributed by atoms with Crippen LogP contribution in [0.2, 0.25) is 0 Å². The Kier molecular flexibility index (Phi) is 11.7. The topological polar surface area (TPSA) is 230 Å². The van der Waals surface area contributed by atoms with Crippen LogP contribution in [0.25, 0.3) is 16.9 Å². The molecule has 270 valence electrons. The Bertz CT molecular complexity index is 2090. The van der Waals surface area contributed by atoms with Gasteiger partial charge in [-0.15, -0.1) is 0 Å². The summed E-state index contributed by atoms with van der Waals surface area (Å²) >= 11 is 0. The third-order valence-corrected chi connectivity index (χ3v) is 7.16. The quantitative estimate of drug-likeness (QED) is 0.104. The number of carboxylic acids is 3. The summed E-state index contributed by atoms with van der Waals surface area (Å²) in [7, 11) is 0. The van der Waals surface area contributed by atoms with Crippen LogP contribution in [0.15, 0.2) is 85.7 Å². The fourth-order valence-electron chi connectivity index (χ4n) is 4.59. The summed E-state index contributed by atoms with van der Waals surface area (Å²) < 4.78 is 42.3. The van der Waals surface area contributed by atoms with Crippen molar-refractivity contribution in [2.45, 2.75) is 38.5 Å².